The minimum atomic E-state index is -0.859. The maximum atomic E-state index is 11.7. The molecule has 0 spiro atoms. The number of para-hydroxylation sites is 1. The van der Waals surface area contributed by atoms with E-state index < -0.39 is 18.0 Å². The molecule has 0 bridgehead atoms. The molecule has 2 aromatic carbocycles. The normalized spacial score (nSPS) is 20.0. The van der Waals surface area contributed by atoms with Gasteiger partial charge in [-0.05, 0) is 55.5 Å². The Morgan fingerprint density at radius 1 is 1.32 bits per heavy atom. The number of hydrogen-bond acceptors (Lipinski definition) is 2. The fraction of sp³-hybridized carbons (Fsp3) is 0.381. The zero-order valence-corrected chi connectivity index (χ0v) is 15.7. The van der Waals surface area contributed by atoms with E-state index in [0.29, 0.717) is 5.02 Å². The topological polar surface area (TPSA) is 46.5 Å². The molecular weight excluding hydrogens is 336 g/mol. The van der Waals surface area contributed by atoms with Gasteiger partial charge in [0.1, 0.15) is 11.9 Å². The van der Waals surface area contributed by atoms with E-state index in [1.807, 2.05) is 38.1 Å². The number of carboxylic acids is 1. The molecule has 2 aromatic rings. The van der Waals surface area contributed by atoms with Crippen molar-refractivity contribution in [3.8, 4) is 5.75 Å². The first-order chi connectivity index (χ1) is 11.8. The highest BCUT2D eigenvalue weighted by atomic mass is 35.5. The maximum absolute atomic E-state index is 11.7. The molecule has 3 unspecified atom stereocenters. The number of halogens is 1. The monoisotopic (exact) mass is 358 g/mol. The molecule has 0 amide bonds. The predicted molar refractivity (Wildman–Crippen MR) is 99.8 cm³/mol. The van der Waals surface area contributed by atoms with Crippen molar-refractivity contribution in [2.45, 2.75) is 46.1 Å². The van der Waals surface area contributed by atoms with Gasteiger partial charge < -0.3 is 9.84 Å². The average molecular weight is 359 g/mol. The Kier molecular flexibility index (Phi) is 4.79. The molecular formula is C21H23ClO3. The van der Waals surface area contributed by atoms with E-state index in [2.05, 4.69) is 13.0 Å². The van der Waals surface area contributed by atoms with Gasteiger partial charge in [-0.2, -0.15) is 0 Å². The molecule has 0 fully saturated rings. The second-order valence-corrected chi connectivity index (χ2v) is 7.26. The summed E-state index contributed by atoms with van der Waals surface area (Å²) in [6.07, 6.45) is 0.365. The van der Waals surface area contributed by atoms with Crippen molar-refractivity contribution < 1.29 is 14.6 Å². The highest BCUT2D eigenvalue weighted by molar-refractivity contribution is 6.31. The Labute approximate surface area is 153 Å². The van der Waals surface area contributed by atoms with E-state index in [4.69, 9.17) is 16.3 Å². The Hall–Kier alpha value is -2.00. The summed E-state index contributed by atoms with van der Waals surface area (Å²) in [4.78, 5) is 11.7. The molecule has 132 valence electrons. The summed E-state index contributed by atoms with van der Waals surface area (Å²) in [5, 5.41) is 10.3. The van der Waals surface area contributed by atoms with E-state index in [-0.39, 0.29) is 5.92 Å². The maximum Gasteiger partial charge on any atom is 0.310 e. The minimum Gasteiger partial charge on any atom is -0.488 e. The van der Waals surface area contributed by atoms with Gasteiger partial charge >= 0.3 is 5.97 Å². The molecule has 0 saturated heterocycles. The molecule has 1 N–H and O–H groups in total. The first-order valence-electron chi connectivity index (χ1n) is 8.63. The van der Waals surface area contributed by atoms with Crippen LogP contribution in [-0.2, 0) is 11.2 Å². The molecule has 0 aliphatic carbocycles. The second-order valence-electron chi connectivity index (χ2n) is 6.85. The molecule has 0 radical (unpaired) electrons. The van der Waals surface area contributed by atoms with Crippen LogP contribution in [0.3, 0.4) is 0 Å². The summed E-state index contributed by atoms with van der Waals surface area (Å²) < 4.78 is 6.22. The lowest BCUT2D eigenvalue weighted by Crippen LogP contribution is -2.33. The fourth-order valence-electron chi connectivity index (χ4n) is 3.82. The number of fused-ring (bicyclic) bond motifs is 1. The van der Waals surface area contributed by atoms with Crippen LogP contribution in [0.25, 0.3) is 0 Å². The van der Waals surface area contributed by atoms with Gasteiger partial charge in [0.15, 0.2) is 0 Å². The smallest absolute Gasteiger partial charge is 0.310 e. The summed E-state index contributed by atoms with van der Waals surface area (Å²) in [7, 11) is 0. The number of carbonyl (C=O) groups is 1. The van der Waals surface area contributed by atoms with Crippen LogP contribution in [-0.4, -0.2) is 17.2 Å². The van der Waals surface area contributed by atoms with E-state index >= 15 is 0 Å². The van der Waals surface area contributed by atoms with Crippen LogP contribution in [0.5, 0.6) is 5.75 Å². The number of rotatable bonds is 4. The van der Waals surface area contributed by atoms with Gasteiger partial charge in [0.05, 0.1) is 11.8 Å². The quantitative estimate of drug-likeness (QED) is 0.823. The SMILES string of the molecule is CCc1cccc2c1OC(C(C)C(=O)O)C2c1c(C)cc(C)cc1Cl. The number of hydrogen-bond donors (Lipinski definition) is 1. The van der Waals surface area contributed by atoms with Gasteiger partial charge in [-0.3, -0.25) is 4.79 Å². The molecule has 3 atom stereocenters. The predicted octanol–water partition coefficient (Wildman–Crippen LogP) is 5.13. The lowest BCUT2D eigenvalue weighted by Gasteiger charge is -2.25. The number of aliphatic carboxylic acids is 1. The highest BCUT2D eigenvalue weighted by Gasteiger charge is 2.43. The van der Waals surface area contributed by atoms with Crippen molar-refractivity contribution in [3.05, 3.63) is 63.2 Å². The number of aryl methyl sites for hydroxylation is 3. The van der Waals surface area contributed by atoms with Crippen LogP contribution in [0, 0.1) is 19.8 Å². The van der Waals surface area contributed by atoms with E-state index in [0.717, 1.165) is 40.0 Å². The Bertz CT molecular complexity index is 805. The van der Waals surface area contributed by atoms with Crippen LogP contribution in [0.1, 0.15) is 47.6 Å². The Balaban J connectivity index is 2.22. The molecule has 25 heavy (non-hydrogen) atoms. The average Bonchev–Trinajstić information content (AvgIpc) is 2.92. The molecule has 1 aliphatic rings. The van der Waals surface area contributed by atoms with E-state index in [9.17, 15) is 9.90 Å². The van der Waals surface area contributed by atoms with Crippen LogP contribution in [0.15, 0.2) is 30.3 Å². The van der Waals surface area contributed by atoms with Gasteiger partial charge in [-0.1, -0.05) is 42.8 Å². The summed E-state index contributed by atoms with van der Waals surface area (Å²) in [6.45, 7) is 7.81. The van der Waals surface area contributed by atoms with Crippen molar-refractivity contribution in [2.75, 3.05) is 0 Å². The van der Waals surface area contributed by atoms with Crippen molar-refractivity contribution in [1.29, 1.82) is 0 Å². The number of benzene rings is 2. The lowest BCUT2D eigenvalue weighted by molar-refractivity contribution is -0.144. The fourth-order valence-corrected chi connectivity index (χ4v) is 4.26. The molecule has 0 aromatic heterocycles. The molecule has 1 aliphatic heterocycles. The second kappa shape index (κ2) is 6.72. The van der Waals surface area contributed by atoms with E-state index in [1.54, 1.807) is 6.92 Å². The van der Waals surface area contributed by atoms with Crippen molar-refractivity contribution >= 4 is 17.6 Å². The molecule has 3 rings (SSSR count). The van der Waals surface area contributed by atoms with Crippen LogP contribution in [0.2, 0.25) is 5.02 Å². The number of ether oxygens (including phenoxy) is 1. The van der Waals surface area contributed by atoms with Crippen LogP contribution < -0.4 is 4.74 Å². The molecule has 1 heterocycles. The first kappa shape index (κ1) is 17.8. The summed E-state index contributed by atoms with van der Waals surface area (Å²) in [5.41, 5.74) is 5.26. The van der Waals surface area contributed by atoms with Gasteiger partial charge in [-0.25, -0.2) is 0 Å². The van der Waals surface area contributed by atoms with Gasteiger partial charge in [-0.15, -0.1) is 0 Å². The molecule has 4 heteroatoms. The van der Waals surface area contributed by atoms with Gasteiger partial charge in [0.2, 0.25) is 0 Å². The summed E-state index contributed by atoms with van der Waals surface area (Å²) >= 11 is 6.60. The third kappa shape index (κ3) is 3.02. The first-order valence-corrected chi connectivity index (χ1v) is 9.00. The zero-order valence-electron chi connectivity index (χ0n) is 15.0. The van der Waals surface area contributed by atoms with Crippen LogP contribution in [0.4, 0.5) is 0 Å². The zero-order chi connectivity index (χ0) is 18.3. The van der Waals surface area contributed by atoms with Crippen molar-refractivity contribution in [1.82, 2.24) is 0 Å². The largest absolute Gasteiger partial charge is 0.488 e. The summed E-state index contributed by atoms with van der Waals surface area (Å²) in [5.74, 6) is -0.856. The number of carboxylic acid groups (broad SMARTS) is 1. The van der Waals surface area contributed by atoms with Gasteiger partial charge in [0.25, 0.3) is 0 Å². The van der Waals surface area contributed by atoms with Crippen molar-refractivity contribution in [2.24, 2.45) is 5.92 Å². The van der Waals surface area contributed by atoms with Gasteiger partial charge in [0, 0.05) is 10.6 Å². The van der Waals surface area contributed by atoms with E-state index in [1.165, 1.54) is 0 Å². The Morgan fingerprint density at radius 2 is 2.04 bits per heavy atom. The van der Waals surface area contributed by atoms with Crippen LogP contribution >= 0.6 is 11.6 Å². The molecule has 0 saturated carbocycles. The highest BCUT2D eigenvalue weighted by Crippen LogP contribution is 2.49. The van der Waals surface area contributed by atoms with Crippen molar-refractivity contribution in [3.63, 3.8) is 0 Å². The third-order valence-electron chi connectivity index (χ3n) is 5.10. The minimum absolute atomic E-state index is 0.180. The lowest BCUT2D eigenvalue weighted by atomic mass is 9.80. The Morgan fingerprint density at radius 3 is 2.64 bits per heavy atom. The standard InChI is InChI=1S/C21H23ClO3/c1-5-14-7-6-8-15-18(17-12(3)9-11(2)10-16(17)22)19(25-20(14)15)13(4)21(23)24/h6-10,13,18-19H,5H2,1-4H3,(H,23,24). The third-order valence-corrected chi connectivity index (χ3v) is 5.41. The molecule has 3 nitrogen and oxygen atoms in total. The summed E-state index contributed by atoms with van der Waals surface area (Å²) in [6, 6.07) is 10.1.